The van der Waals surface area contributed by atoms with E-state index < -0.39 is 0 Å². The predicted octanol–water partition coefficient (Wildman–Crippen LogP) is 14.2. The third-order valence-corrected chi connectivity index (χ3v) is 12.8. The third-order valence-electron chi connectivity index (χ3n) is 10.4. The van der Waals surface area contributed by atoms with Crippen molar-refractivity contribution in [2.24, 2.45) is 0 Å². The van der Waals surface area contributed by atoms with Crippen molar-refractivity contribution in [2.45, 2.75) is 52.4 Å². The first-order valence-corrected chi connectivity index (χ1v) is 19.3. The van der Waals surface area contributed by atoms with Crippen LogP contribution in [0.3, 0.4) is 0 Å². The van der Waals surface area contributed by atoms with E-state index in [9.17, 15) is 0 Å². The molecule has 0 saturated heterocycles. The molecule has 4 nitrogen and oxygen atoms in total. The number of hydrogen-bond acceptors (Lipinski definition) is 6. The second-order valence-corrected chi connectivity index (χ2v) is 17.9. The minimum atomic E-state index is -0.206. The summed E-state index contributed by atoms with van der Waals surface area (Å²) in [5, 5.41) is 5.04. The maximum absolute atomic E-state index is 6.34. The van der Waals surface area contributed by atoms with Gasteiger partial charge in [-0.25, -0.2) is 0 Å². The molecule has 0 amide bonds. The van der Waals surface area contributed by atoms with E-state index in [-0.39, 0.29) is 10.8 Å². The van der Waals surface area contributed by atoms with Crippen LogP contribution in [0.1, 0.15) is 52.7 Å². The molecule has 0 bridgehead atoms. The van der Waals surface area contributed by atoms with Crippen molar-refractivity contribution in [1.29, 1.82) is 0 Å². The molecular formula is C46H36N2O2S2. The van der Waals surface area contributed by atoms with Gasteiger partial charge in [0.15, 0.2) is 0 Å². The van der Waals surface area contributed by atoms with Crippen molar-refractivity contribution in [3.8, 4) is 56.0 Å². The Hall–Kier alpha value is -5.30. The number of hydrogen-bond donors (Lipinski definition) is 0. The van der Waals surface area contributed by atoms with Crippen molar-refractivity contribution in [1.82, 2.24) is 9.97 Å². The van der Waals surface area contributed by atoms with Gasteiger partial charge in [-0.05, 0) is 98.5 Å². The Bertz CT molecular complexity index is 2880. The lowest BCUT2D eigenvalue weighted by molar-refractivity contribution is 0.568. The van der Waals surface area contributed by atoms with Gasteiger partial charge in [0.1, 0.15) is 11.5 Å². The highest BCUT2D eigenvalue weighted by Gasteiger charge is 2.35. The third kappa shape index (κ3) is 4.50. The summed E-state index contributed by atoms with van der Waals surface area (Å²) < 4.78 is 17.6. The molecule has 0 radical (unpaired) electrons. The normalized spacial score (nSPS) is 12.8. The molecule has 4 aromatic carbocycles. The van der Waals surface area contributed by atoms with E-state index in [1.165, 1.54) is 79.3 Å². The molecule has 6 heteroatoms. The van der Waals surface area contributed by atoms with Gasteiger partial charge >= 0.3 is 0 Å². The summed E-state index contributed by atoms with van der Waals surface area (Å²) in [7, 11) is 0. The molecule has 6 heterocycles. The Kier molecular flexibility index (Phi) is 6.71. The predicted molar refractivity (Wildman–Crippen MR) is 219 cm³/mol. The van der Waals surface area contributed by atoms with Gasteiger partial charge in [0.2, 0.25) is 0 Å². The van der Waals surface area contributed by atoms with Crippen LogP contribution in [0.2, 0.25) is 0 Å². The number of rotatable bonds is 4. The zero-order chi connectivity index (χ0) is 35.5. The molecule has 0 saturated carbocycles. The molecule has 8 aromatic rings. The zero-order valence-corrected chi connectivity index (χ0v) is 31.6. The van der Waals surface area contributed by atoms with Crippen LogP contribution in [0.15, 0.2) is 119 Å². The monoisotopic (exact) mass is 712 g/mol. The lowest BCUT2D eigenvalue weighted by atomic mass is 9.75. The van der Waals surface area contributed by atoms with Crippen LogP contribution in [-0.2, 0) is 10.8 Å². The van der Waals surface area contributed by atoms with Crippen LogP contribution in [0.4, 0.5) is 0 Å². The van der Waals surface area contributed by atoms with Gasteiger partial charge in [-0.15, -0.1) is 22.7 Å². The van der Waals surface area contributed by atoms with Gasteiger partial charge < -0.3 is 8.83 Å². The average molecular weight is 713 g/mol. The van der Waals surface area contributed by atoms with Gasteiger partial charge in [0.25, 0.3) is 0 Å². The molecule has 0 unspecified atom stereocenters. The minimum Gasteiger partial charge on any atom is -0.464 e. The van der Waals surface area contributed by atoms with Gasteiger partial charge in [-0.2, -0.15) is 0 Å². The zero-order valence-electron chi connectivity index (χ0n) is 29.9. The molecule has 10 rings (SSSR count). The Morgan fingerprint density at radius 2 is 1.15 bits per heavy atom. The molecule has 0 atom stereocenters. The molecule has 4 aromatic heterocycles. The molecule has 0 N–H and O–H groups in total. The second-order valence-electron chi connectivity index (χ2n) is 15.8. The van der Waals surface area contributed by atoms with Gasteiger partial charge in [-0.1, -0.05) is 59.7 Å². The van der Waals surface area contributed by atoms with Crippen molar-refractivity contribution < 1.29 is 8.83 Å². The summed E-state index contributed by atoms with van der Waals surface area (Å²) in [4.78, 5) is 9.21. The molecule has 2 aliphatic heterocycles. The number of pyridine rings is 2. The number of aromatic nitrogens is 2. The van der Waals surface area contributed by atoms with E-state index in [1.807, 2.05) is 71.7 Å². The van der Waals surface area contributed by atoms with Crippen molar-refractivity contribution in [3.05, 3.63) is 121 Å². The van der Waals surface area contributed by atoms with Gasteiger partial charge in [0.05, 0.1) is 12.5 Å². The lowest BCUT2D eigenvalue weighted by Gasteiger charge is -2.31. The first-order chi connectivity index (χ1) is 25.1. The highest BCUT2D eigenvalue weighted by Crippen LogP contribution is 2.60. The summed E-state index contributed by atoms with van der Waals surface area (Å²) >= 11 is 3.76. The van der Waals surface area contributed by atoms with E-state index in [0.29, 0.717) is 0 Å². The van der Waals surface area contributed by atoms with Crippen LogP contribution in [0.25, 0.3) is 96.4 Å². The van der Waals surface area contributed by atoms with Crippen molar-refractivity contribution in [3.63, 3.8) is 0 Å². The quantitative estimate of drug-likeness (QED) is 0.135. The van der Waals surface area contributed by atoms with Crippen LogP contribution >= 0.6 is 22.7 Å². The van der Waals surface area contributed by atoms with Crippen LogP contribution in [0.5, 0.6) is 0 Å². The van der Waals surface area contributed by atoms with E-state index in [2.05, 4.69) is 100 Å². The van der Waals surface area contributed by atoms with Crippen LogP contribution < -0.4 is 0 Å². The lowest BCUT2D eigenvalue weighted by Crippen LogP contribution is -2.16. The van der Waals surface area contributed by atoms with Crippen LogP contribution in [-0.4, -0.2) is 9.97 Å². The molecular weight excluding hydrogens is 677 g/mol. The summed E-state index contributed by atoms with van der Waals surface area (Å²) in [6.07, 6.45) is 11.3. The number of nitrogens with zero attached hydrogens (tertiary/aromatic N) is 2. The molecule has 52 heavy (non-hydrogen) atoms. The maximum atomic E-state index is 6.34. The minimum absolute atomic E-state index is 0.138. The number of benzene rings is 4. The Balaban J connectivity index is 1.51. The van der Waals surface area contributed by atoms with Crippen molar-refractivity contribution in [2.75, 3.05) is 0 Å². The molecule has 0 spiro atoms. The summed E-state index contributed by atoms with van der Waals surface area (Å²) in [6, 6.07) is 26.2. The standard InChI is InChI=1S/C46H36N2O2S2/c1-45(2,3)30-21-29-28(25-11-7-17-47-23-25)22-34-41-37(29)43(38(30)31-13-9-19-49-31)51-33-16-15-27-35(26-12-8-18-48-24-26)42(46(4,5)6)39(32-14-10-20-50-32)44(52-34)36(27)40(33)41/h7-24H,1-6H3. The van der Waals surface area contributed by atoms with E-state index in [0.717, 1.165) is 28.2 Å². The molecule has 0 aliphatic carbocycles. The Morgan fingerprint density at radius 1 is 0.538 bits per heavy atom. The fourth-order valence-corrected chi connectivity index (χ4v) is 11.0. The fourth-order valence-electron chi connectivity index (χ4n) is 8.37. The summed E-state index contributed by atoms with van der Waals surface area (Å²) in [5.41, 5.74) is 11.8. The second kappa shape index (κ2) is 11.1. The van der Waals surface area contributed by atoms with Gasteiger partial charge in [0, 0.05) is 87.7 Å². The first kappa shape index (κ1) is 31.4. The smallest absolute Gasteiger partial charge is 0.135 e. The van der Waals surface area contributed by atoms with E-state index in [4.69, 9.17) is 8.83 Å². The SMILES string of the molecule is CC(C)(C)c1cc2c(-c3cccnc3)cc3sc4c(-c5ccco5)c(C(C)(C)C)c(-c5cccnc5)c5ccc6sc(c1-c1ccco1)c2c3-c6c54. The van der Waals surface area contributed by atoms with Gasteiger partial charge in [-0.3, -0.25) is 9.97 Å². The Labute approximate surface area is 310 Å². The Morgan fingerprint density at radius 3 is 1.77 bits per heavy atom. The molecule has 2 aliphatic rings. The van der Waals surface area contributed by atoms with E-state index in [1.54, 1.807) is 12.5 Å². The summed E-state index contributed by atoms with van der Waals surface area (Å²) in [6.45, 7) is 13.8. The van der Waals surface area contributed by atoms with Crippen molar-refractivity contribution >= 4 is 63.0 Å². The average Bonchev–Trinajstić information content (AvgIpc) is 3.87. The molecule has 0 fully saturated rings. The van der Waals surface area contributed by atoms with Crippen LogP contribution in [0, 0.1) is 0 Å². The molecule has 254 valence electrons. The maximum Gasteiger partial charge on any atom is 0.135 e. The first-order valence-electron chi connectivity index (χ1n) is 17.7. The summed E-state index contributed by atoms with van der Waals surface area (Å²) in [5.74, 6) is 1.78. The highest BCUT2D eigenvalue weighted by molar-refractivity contribution is 7.27. The largest absolute Gasteiger partial charge is 0.464 e. The highest BCUT2D eigenvalue weighted by atomic mass is 32.1. The topological polar surface area (TPSA) is 52.1 Å². The fraction of sp³-hybridized carbons (Fsp3) is 0.174. The van der Waals surface area contributed by atoms with E-state index >= 15 is 0 Å². The number of furan rings is 2.